The minimum Gasteiger partial charge on any atom is -0.454 e. The molecule has 0 aliphatic heterocycles. The molecule has 0 bridgehead atoms. The molecule has 0 aromatic carbocycles. The van der Waals surface area contributed by atoms with Crippen molar-refractivity contribution in [2.24, 2.45) is 10.7 Å². The van der Waals surface area contributed by atoms with Crippen LogP contribution in [0.2, 0.25) is 0 Å². The molecule has 0 atom stereocenters. The first-order chi connectivity index (χ1) is 13.1. The molecular weight excluding hydrogens is 360 g/mol. The van der Waals surface area contributed by atoms with Crippen LogP contribution in [0.25, 0.3) is 0 Å². The normalized spacial score (nSPS) is 16.9. The van der Waals surface area contributed by atoms with Gasteiger partial charge in [-0.25, -0.2) is 4.99 Å². The summed E-state index contributed by atoms with van der Waals surface area (Å²) in [6.45, 7) is 4.05. The molecule has 2 aromatic heterocycles. The summed E-state index contributed by atoms with van der Waals surface area (Å²) in [4.78, 5) is 17.2. The fourth-order valence-corrected chi connectivity index (χ4v) is 4.65. The van der Waals surface area contributed by atoms with Gasteiger partial charge in [-0.15, -0.1) is 11.3 Å². The zero-order valence-corrected chi connectivity index (χ0v) is 16.6. The summed E-state index contributed by atoms with van der Waals surface area (Å²) in [5.41, 5.74) is 5.42. The standard InChI is InChI=1S/C20H28N4O2S/c1-2-22-19(23-13-15-8-9-16(26-15)18(21)25)24-14-20(10-4-3-5-11-20)17-7-6-12-27-17/h6-9,12H,2-5,10-11,13-14H2,1H3,(H2,21,25)(H2,22,23,24). The number of hydrogen-bond acceptors (Lipinski definition) is 4. The van der Waals surface area contributed by atoms with Crippen molar-refractivity contribution in [3.63, 3.8) is 0 Å². The number of thiophene rings is 1. The van der Waals surface area contributed by atoms with Crippen molar-refractivity contribution >= 4 is 23.2 Å². The van der Waals surface area contributed by atoms with Crippen molar-refractivity contribution < 1.29 is 9.21 Å². The predicted molar refractivity (Wildman–Crippen MR) is 109 cm³/mol. The van der Waals surface area contributed by atoms with Crippen LogP contribution in [0.1, 0.15) is 60.2 Å². The van der Waals surface area contributed by atoms with Gasteiger partial charge >= 0.3 is 0 Å². The fraction of sp³-hybridized carbons (Fsp3) is 0.500. The van der Waals surface area contributed by atoms with E-state index in [0.717, 1.165) is 19.0 Å². The van der Waals surface area contributed by atoms with Gasteiger partial charge in [0.05, 0.1) is 0 Å². The highest BCUT2D eigenvalue weighted by Gasteiger charge is 2.34. The number of carbonyl (C=O) groups excluding carboxylic acids is 1. The quantitative estimate of drug-likeness (QED) is 0.501. The van der Waals surface area contributed by atoms with Gasteiger partial charge in [0.1, 0.15) is 12.3 Å². The van der Waals surface area contributed by atoms with Gasteiger partial charge in [0, 0.05) is 23.4 Å². The molecule has 0 unspecified atom stereocenters. The van der Waals surface area contributed by atoms with E-state index >= 15 is 0 Å². The van der Waals surface area contributed by atoms with Crippen LogP contribution in [-0.4, -0.2) is 25.0 Å². The van der Waals surface area contributed by atoms with Crippen LogP contribution in [-0.2, 0) is 12.0 Å². The maximum Gasteiger partial charge on any atom is 0.284 e. The number of amides is 1. The van der Waals surface area contributed by atoms with Crippen molar-refractivity contribution in [1.29, 1.82) is 0 Å². The second kappa shape index (κ2) is 9.08. The number of nitrogens with zero attached hydrogens (tertiary/aromatic N) is 1. The summed E-state index contributed by atoms with van der Waals surface area (Å²) in [6, 6.07) is 7.72. The van der Waals surface area contributed by atoms with Crippen LogP contribution in [0, 0.1) is 0 Å². The van der Waals surface area contributed by atoms with E-state index in [9.17, 15) is 4.79 Å². The van der Waals surface area contributed by atoms with Crippen molar-refractivity contribution in [1.82, 2.24) is 10.6 Å². The van der Waals surface area contributed by atoms with Crippen LogP contribution < -0.4 is 16.4 Å². The maximum atomic E-state index is 11.1. The first-order valence-corrected chi connectivity index (χ1v) is 10.5. The molecule has 1 amide bonds. The number of nitrogens with one attached hydrogen (secondary N) is 2. The average Bonchev–Trinajstić information content (AvgIpc) is 3.37. The monoisotopic (exact) mass is 388 g/mol. The Labute approximate surface area is 164 Å². The van der Waals surface area contributed by atoms with Crippen LogP contribution in [0.4, 0.5) is 0 Å². The van der Waals surface area contributed by atoms with Crippen molar-refractivity contribution in [2.75, 3.05) is 13.1 Å². The van der Waals surface area contributed by atoms with Gasteiger partial charge in [0.15, 0.2) is 11.7 Å². The minimum absolute atomic E-state index is 0.164. The Morgan fingerprint density at radius 2 is 2.07 bits per heavy atom. The molecular formula is C20H28N4O2S. The van der Waals surface area contributed by atoms with Gasteiger partial charge in [-0.2, -0.15) is 0 Å². The number of carbonyl (C=O) groups is 1. The molecule has 7 heteroatoms. The molecule has 3 rings (SSSR count). The largest absolute Gasteiger partial charge is 0.454 e. The summed E-state index contributed by atoms with van der Waals surface area (Å²) in [5.74, 6) is 0.977. The highest BCUT2D eigenvalue weighted by molar-refractivity contribution is 7.10. The summed E-state index contributed by atoms with van der Waals surface area (Å²) in [6.07, 6.45) is 6.28. The Bertz CT molecular complexity index is 761. The molecule has 1 aliphatic rings. The summed E-state index contributed by atoms with van der Waals surface area (Å²) in [7, 11) is 0. The number of furan rings is 1. The van der Waals surface area contributed by atoms with Crippen molar-refractivity contribution in [3.8, 4) is 0 Å². The van der Waals surface area contributed by atoms with Gasteiger partial charge < -0.3 is 20.8 Å². The van der Waals surface area contributed by atoms with E-state index in [1.54, 1.807) is 12.1 Å². The fourth-order valence-electron chi connectivity index (χ4n) is 3.67. The number of guanidine groups is 1. The molecule has 0 spiro atoms. The van der Waals surface area contributed by atoms with E-state index in [1.807, 2.05) is 18.3 Å². The highest BCUT2D eigenvalue weighted by Crippen LogP contribution is 2.41. The molecule has 146 valence electrons. The minimum atomic E-state index is -0.564. The zero-order valence-electron chi connectivity index (χ0n) is 15.8. The summed E-state index contributed by atoms with van der Waals surface area (Å²) < 4.78 is 5.41. The number of hydrogen-bond donors (Lipinski definition) is 3. The Morgan fingerprint density at radius 1 is 1.26 bits per heavy atom. The second-order valence-corrected chi connectivity index (χ2v) is 7.94. The number of primary amides is 1. The Hall–Kier alpha value is -2.28. The third-order valence-corrected chi connectivity index (χ3v) is 6.21. The van der Waals surface area contributed by atoms with Gasteiger partial charge in [-0.05, 0) is 43.3 Å². The van der Waals surface area contributed by atoms with Crippen LogP contribution in [0.15, 0.2) is 39.1 Å². The van der Waals surface area contributed by atoms with E-state index in [-0.39, 0.29) is 11.2 Å². The lowest BCUT2D eigenvalue weighted by Gasteiger charge is -2.37. The van der Waals surface area contributed by atoms with Crippen LogP contribution >= 0.6 is 11.3 Å². The molecule has 0 saturated heterocycles. The van der Waals surface area contributed by atoms with E-state index < -0.39 is 5.91 Å². The third-order valence-electron chi connectivity index (χ3n) is 5.09. The Morgan fingerprint density at radius 3 is 2.70 bits per heavy atom. The summed E-state index contributed by atoms with van der Waals surface area (Å²) >= 11 is 1.85. The van der Waals surface area contributed by atoms with Crippen molar-refractivity contribution in [2.45, 2.75) is 51.0 Å². The van der Waals surface area contributed by atoms with Crippen LogP contribution in [0.3, 0.4) is 0 Å². The lowest BCUT2D eigenvalue weighted by molar-refractivity contribution is 0.0972. The Balaban J connectivity index is 1.68. The first-order valence-electron chi connectivity index (χ1n) is 9.58. The lowest BCUT2D eigenvalue weighted by Crippen LogP contribution is -2.46. The van der Waals surface area contributed by atoms with Crippen LogP contribution in [0.5, 0.6) is 0 Å². The molecule has 1 saturated carbocycles. The van der Waals surface area contributed by atoms with Gasteiger partial charge in [-0.3, -0.25) is 4.79 Å². The third kappa shape index (κ3) is 4.91. The molecule has 27 heavy (non-hydrogen) atoms. The highest BCUT2D eigenvalue weighted by atomic mass is 32.1. The van der Waals surface area contributed by atoms with Gasteiger partial charge in [0.25, 0.3) is 5.91 Å². The molecule has 1 fully saturated rings. The molecule has 1 aliphatic carbocycles. The summed E-state index contributed by atoms with van der Waals surface area (Å²) in [5, 5.41) is 8.99. The van der Waals surface area contributed by atoms with E-state index in [4.69, 9.17) is 10.2 Å². The molecule has 4 N–H and O–H groups in total. The molecule has 0 radical (unpaired) electrons. The maximum absolute atomic E-state index is 11.1. The van der Waals surface area contributed by atoms with Gasteiger partial charge in [0.2, 0.25) is 0 Å². The van der Waals surface area contributed by atoms with E-state index in [2.05, 4.69) is 33.1 Å². The molecule has 2 heterocycles. The average molecular weight is 389 g/mol. The first kappa shape index (κ1) is 19.5. The van der Waals surface area contributed by atoms with E-state index in [0.29, 0.717) is 12.3 Å². The topological polar surface area (TPSA) is 92.6 Å². The number of nitrogens with two attached hydrogens (primary N) is 1. The zero-order chi connectivity index (χ0) is 19.1. The lowest BCUT2D eigenvalue weighted by atomic mass is 9.73. The SMILES string of the molecule is CCNC(=NCc1ccc(C(N)=O)o1)NCC1(c2cccs2)CCCCC1. The predicted octanol–water partition coefficient (Wildman–Crippen LogP) is 3.40. The van der Waals surface area contributed by atoms with Crippen molar-refractivity contribution in [3.05, 3.63) is 46.0 Å². The van der Waals surface area contributed by atoms with Gasteiger partial charge in [-0.1, -0.05) is 25.3 Å². The molecule has 6 nitrogen and oxygen atoms in total. The second-order valence-electron chi connectivity index (χ2n) is 7.00. The van der Waals surface area contributed by atoms with E-state index in [1.165, 1.54) is 37.0 Å². The Kier molecular flexibility index (Phi) is 6.55. The smallest absolute Gasteiger partial charge is 0.284 e. The number of rotatable bonds is 7. The molecule has 2 aromatic rings. The number of aliphatic imine (C=N–C) groups is 1.